The van der Waals surface area contributed by atoms with Crippen LogP contribution in [0.25, 0.3) is 0 Å². The first-order chi connectivity index (χ1) is 6.75. The predicted octanol–water partition coefficient (Wildman–Crippen LogP) is 2.06. The highest BCUT2D eigenvalue weighted by atomic mass is 32.1. The van der Waals surface area contributed by atoms with Gasteiger partial charge in [-0.25, -0.2) is 0 Å². The van der Waals surface area contributed by atoms with Crippen molar-refractivity contribution in [1.29, 1.82) is 0 Å². The lowest BCUT2D eigenvalue weighted by atomic mass is 9.99. The molecule has 0 aromatic carbocycles. The van der Waals surface area contributed by atoms with Gasteiger partial charge in [0.25, 0.3) is 0 Å². The van der Waals surface area contributed by atoms with Crippen LogP contribution < -0.4 is 5.73 Å². The van der Waals surface area contributed by atoms with Crippen molar-refractivity contribution in [2.75, 3.05) is 6.54 Å². The second-order valence-corrected chi connectivity index (χ2v) is 5.22. The van der Waals surface area contributed by atoms with Crippen molar-refractivity contribution >= 4 is 11.3 Å². The molecule has 14 heavy (non-hydrogen) atoms. The fourth-order valence-corrected chi connectivity index (χ4v) is 2.82. The summed E-state index contributed by atoms with van der Waals surface area (Å²) in [4.78, 5) is 4.00. The summed E-state index contributed by atoms with van der Waals surface area (Å²) in [7, 11) is 0. The van der Waals surface area contributed by atoms with Crippen LogP contribution in [0.5, 0.6) is 0 Å². The maximum absolute atomic E-state index is 5.94. The Balaban J connectivity index is 1.92. The van der Waals surface area contributed by atoms with Crippen molar-refractivity contribution in [2.45, 2.75) is 38.4 Å². The molecule has 1 saturated heterocycles. The van der Waals surface area contributed by atoms with Crippen molar-refractivity contribution in [3.05, 3.63) is 22.4 Å². The van der Waals surface area contributed by atoms with Crippen molar-refractivity contribution in [1.82, 2.24) is 4.90 Å². The largest absolute Gasteiger partial charge is 0.328 e. The third-order valence-corrected chi connectivity index (χ3v) is 3.85. The summed E-state index contributed by atoms with van der Waals surface area (Å²) in [5.74, 6) is 0. The molecule has 2 heterocycles. The van der Waals surface area contributed by atoms with Crippen LogP contribution in [0.15, 0.2) is 17.5 Å². The second kappa shape index (κ2) is 4.43. The summed E-state index contributed by atoms with van der Waals surface area (Å²) in [5.41, 5.74) is 5.94. The highest BCUT2D eigenvalue weighted by molar-refractivity contribution is 7.09. The van der Waals surface area contributed by atoms with Crippen molar-refractivity contribution < 1.29 is 0 Å². The van der Waals surface area contributed by atoms with Crippen molar-refractivity contribution in [2.24, 2.45) is 5.73 Å². The lowest BCUT2D eigenvalue weighted by Gasteiger charge is -2.36. The smallest absolute Gasteiger partial charge is 0.0330 e. The van der Waals surface area contributed by atoms with Gasteiger partial charge >= 0.3 is 0 Å². The van der Waals surface area contributed by atoms with Gasteiger partial charge in [-0.1, -0.05) is 6.07 Å². The van der Waals surface area contributed by atoms with Crippen LogP contribution in [-0.4, -0.2) is 23.5 Å². The molecule has 1 fully saturated rings. The number of hydrogen-bond acceptors (Lipinski definition) is 3. The normalized spacial score (nSPS) is 29.3. The predicted molar refractivity (Wildman–Crippen MR) is 61.4 cm³/mol. The van der Waals surface area contributed by atoms with E-state index in [1.807, 2.05) is 11.3 Å². The summed E-state index contributed by atoms with van der Waals surface area (Å²) in [6, 6.07) is 5.40. The van der Waals surface area contributed by atoms with Gasteiger partial charge < -0.3 is 5.73 Å². The first kappa shape index (κ1) is 10.1. The zero-order chi connectivity index (χ0) is 9.97. The summed E-state index contributed by atoms with van der Waals surface area (Å²) >= 11 is 1.85. The summed E-state index contributed by atoms with van der Waals surface area (Å²) in [6.45, 7) is 4.54. The molecule has 0 spiro atoms. The van der Waals surface area contributed by atoms with E-state index in [9.17, 15) is 0 Å². The van der Waals surface area contributed by atoms with E-state index in [0.717, 1.165) is 25.9 Å². The van der Waals surface area contributed by atoms with Gasteiger partial charge in [0.15, 0.2) is 0 Å². The van der Waals surface area contributed by atoms with Crippen molar-refractivity contribution in [3.8, 4) is 0 Å². The van der Waals surface area contributed by atoms with Crippen LogP contribution >= 0.6 is 11.3 Å². The molecular weight excluding hydrogens is 192 g/mol. The van der Waals surface area contributed by atoms with Gasteiger partial charge in [-0.15, -0.1) is 11.3 Å². The van der Waals surface area contributed by atoms with Gasteiger partial charge in [0.05, 0.1) is 0 Å². The fourth-order valence-electron chi connectivity index (χ4n) is 2.09. The third-order valence-electron chi connectivity index (χ3n) is 2.99. The van der Waals surface area contributed by atoms with Gasteiger partial charge in [-0.3, -0.25) is 4.90 Å². The fraction of sp³-hybridized carbons (Fsp3) is 0.636. The van der Waals surface area contributed by atoms with Crippen LogP contribution in [0.4, 0.5) is 0 Å². The number of rotatable bonds is 2. The molecular formula is C11H18N2S. The van der Waals surface area contributed by atoms with E-state index < -0.39 is 0 Å². The van der Waals surface area contributed by atoms with Gasteiger partial charge in [-0.2, -0.15) is 0 Å². The van der Waals surface area contributed by atoms with E-state index in [-0.39, 0.29) is 0 Å². The number of nitrogens with two attached hydrogens (primary N) is 1. The summed E-state index contributed by atoms with van der Waals surface area (Å²) in [6.07, 6.45) is 2.29. The summed E-state index contributed by atoms with van der Waals surface area (Å²) < 4.78 is 0. The lowest BCUT2D eigenvalue weighted by Crippen LogP contribution is -2.44. The first-order valence-corrected chi connectivity index (χ1v) is 6.15. The topological polar surface area (TPSA) is 29.3 Å². The average molecular weight is 210 g/mol. The number of nitrogens with zero attached hydrogens (tertiary/aromatic N) is 1. The molecule has 0 amide bonds. The SMILES string of the molecule is CC1CC(N)CCN1Cc1cccs1. The Morgan fingerprint density at radius 3 is 3.14 bits per heavy atom. The van der Waals surface area contributed by atoms with E-state index in [1.54, 1.807) is 0 Å². The van der Waals surface area contributed by atoms with Crippen molar-refractivity contribution in [3.63, 3.8) is 0 Å². The Morgan fingerprint density at radius 2 is 2.50 bits per heavy atom. The standard InChI is InChI=1S/C11H18N2S/c1-9-7-10(12)4-5-13(9)8-11-3-2-6-14-11/h2-3,6,9-10H,4-5,7-8,12H2,1H3. The van der Waals surface area contributed by atoms with E-state index in [1.165, 1.54) is 4.88 Å². The Hall–Kier alpha value is -0.380. The Morgan fingerprint density at radius 1 is 1.64 bits per heavy atom. The van der Waals surface area contributed by atoms with Crippen LogP contribution in [0, 0.1) is 0 Å². The maximum atomic E-state index is 5.94. The van der Waals surface area contributed by atoms with E-state index in [0.29, 0.717) is 12.1 Å². The molecule has 78 valence electrons. The zero-order valence-corrected chi connectivity index (χ0v) is 9.46. The van der Waals surface area contributed by atoms with Gasteiger partial charge in [-0.05, 0) is 31.2 Å². The van der Waals surface area contributed by atoms with Crippen LogP contribution in [0.2, 0.25) is 0 Å². The number of thiophene rings is 1. The van der Waals surface area contributed by atoms with Gasteiger partial charge in [0.1, 0.15) is 0 Å². The molecule has 2 unspecified atom stereocenters. The minimum absolute atomic E-state index is 0.421. The van der Waals surface area contributed by atoms with E-state index >= 15 is 0 Å². The molecule has 0 aliphatic carbocycles. The third kappa shape index (κ3) is 2.35. The van der Waals surface area contributed by atoms with Gasteiger partial charge in [0.2, 0.25) is 0 Å². The molecule has 0 saturated carbocycles. The molecule has 1 aromatic heterocycles. The molecule has 0 bridgehead atoms. The van der Waals surface area contributed by atoms with Crippen LogP contribution in [0.1, 0.15) is 24.6 Å². The van der Waals surface area contributed by atoms with Crippen LogP contribution in [-0.2, 0) is 6.54 Å². The Labute approximate surface area is 89.7 Å². The van der Waals surface area contributed by atoms with Gasteiger partial charge in [0, 0.05) is 30.1 Å². The number of likely N-dealkylation sites (tertiary alicyclic amines) is 1. The second-order valence-electron chi connectivity index (χ2n) is 4.18. The van der Waals surface area contributed by atoms with E-state index in [2.05, 4.69) is 29.3 Å². The monoisotopic (exact) mass is 210 g/mol. The highest BCUT2D eigenvalue weighted by Crippen LogP contribution is 2.20. The molecule has 3 heteroatoms. The molecule has 1 aliphatic heterocycles. The van der Waals surface area contributed by atoms with Crippen LogP contribution in [0.3, 0.4) is 0 Å². The Bertz CT molecular complexity index is 271. The molecule has 2 atom stereocenters. The maximum Gasteiger partial charge on any atom is 0.0330 e. The zero-order valence-electron chi connectivity index (χ0n) is 8.65. The minimum atomic E-state index is 0.421. The minimum Gasteiger partial charge on any atom is -0.328 e. The molecule has 2 N–H and O–H groups in total. The lowest BCUT2D eigenvalue weighted by molar-refractivity contribution is 0.141. The molecule has 1 aliphatic rings. The van der Waals surface area contributed by atoms with E-state index in [4.69, 9.17) is 5.73 Å². The molecule has 2 rings (SSSR count). The first-order valence-electron chi connectivity index (χ1n) is 5.27. The highest BCUT2D eigenvalue weighted by Gasteiger charge is 2.22. The number of hydrogen-bond donors (Lipinski definition) is 1. The molecule has 2 nitrogen and oxygen atoms in total. The molecule has 1 aromatic rings. The Kier molecular flexibility index (Phi) is 3.21. The molecule has 0 radical (unpaired) electrons. The summed E-state index contributed by atoms with van der Waals surface area (Å²) in [5, 5.41) is 2.15. The average Bonchev–Trinajstić information content (AvgIpc) is 2.62. The number of piperidine rings is 1. The quantitative estimate of drug-likeness (QED) is 0.809.